The lowest BCUT2D eigenvalue weighted by Gasteiger charge is -2.38. The molecule has 0 aromatic heterocycles. The molecule has 52 heteroatoms. The highest BCUT2D eigenvalue weighted by Crippen LogP contribution is 2.68. The third-order valence-corrected chi connectivity index (χ3v) is 22.2. The highest BCUT2D eigenvalue weighted by molar-refractivity contribution is 7.67. The van der Waals surface area contributed by atoms with Crippen LogP contribution >= 0.6 is 70.4 Å². The van der Waals surface area contributed by atoms with Crippen molar-refractivity contribution in [1.82, 2.24) is 0 Å². The Balaban J connectivity index is 0.000000265. The van der Waals surface area contributed by atoms with Crippen molar-refractivity contribution in [2.24, 2.45) is 0 Å². The molecule has 0 spiro atoms. The van der Waals surface area contributed by atoms with Gasteiger partial charge in [-0.2, -0.15) is 25.9 Å². The molecule has 6 radical (unpaired) electrons. The monoisotopic (exact) mass is 1370 g/mol. The maximum absolute atomic E-state index is 11.8. The molecule has 0 saturated carbocycles. The predicted octanol–water partition coefficient (Wildman–Crippen LogP) is 0.811. The van der Waals surface area contributed by atoms with E-state index in [2.05, 4.69) is 39.4 Å². The van der Waals surface area contributed by atoms with Crippen molar-refractivity contribution in [3.05, 3.63) is 0 Å². The third-order valence-electron chi connectivity index (χ3n) is 10.8. The van der Waals surface area contributed by atoms with Crippen LogP contribution in [-0.2, 0) is 128 Å². The van der Waals surface area contributed by atoms with Gasteiger partial charge in [0.25, 0.3) is 0 Å². The van der Waals surface area contributed by atoms with E-state index < -0.39 is 163 Å². The number of phosphoric acid groups is 9. The minimum Gasteiger partial charge on any atom is -0.381 e. The van der Waals surface area contributed by atoms with E-state index in [4.69, 9.17) is 115 Å². The fraction of sp³-hybridized carbons (Fsp3) is 1.00. The van der Waals surface area contributed by atoms with E-state index in [9.17, 15) is 55.8 Å². The Hall–Kier alpha value is 1.02. The molecule has 0 aromatic rings. The van der Waals surface area contributed by atoms with Crippen LogP contribution < -0.4 is 0 Å². The minimum absolute atomic E-state index is 0.205. The molecular formula is C30H60B3O40P9. The molecule has 17 atom stereocenters. The van der Waals surface area contributed by atoms with Gasteiger partial charge in [0.05, 0.1) is 51.3 Å². The van der Waals surface area contributed by atoms with Gasteiger partial charge in [-0.25, -0.2) is 41.1 Å². The fourth-order valence-electron chi connectivity index (χ4n) is 7.70. The van der Waals surface area contributed by atoms with Gasteiger partial charge in [0.15, 0.2) is 18.4 Å². The molecule has 0 aromatic carbocycles. The maximum atomic E-state index is 11.8. The zero-order valence-corrected chi connectivity index (χ0v) is 50.5. The number of rotatable bonds is 28. The normalized spacial score (nSPS) is 33.4. The standard InChI is InChI=1S/C11H22BO14P3.C10H20BO13P3.C9H18BO13P3/c1-20-11(2-4-21-5-3-11)24-8-6-10(12)23-9(8)7-22-28(16,17)26-29(18,19)25-27(13,14)15;11-9-5-7(22-10-3-1-2-4-19-10)8(21-9)6-20-26(15,16)24-27(17,18)23-25(12,13)14;10-8-4-6(21-9-2-1-3-18-9)7(20-8)5-19-25(14,15)23-26(16,17)22-24(11,12)13/h8-10H,2-7H2,1H3,(H,16,17)(H,18,19)(H2,13,14,15);7-10H,1-6H2,(H,15,16)(H,17,18)(H2,12,13,14);6-9H,1-5H2,(H,14,15)(H,16,17)(H2,11,12,13). The second kappa shape index (κ2) is 31.9. The number of phosphoric ester groups is 3. The summed E-state index contributed by atoms with van der Waals surface area (Å²) in [5, 5.41) is 0. The number of hydrogen-bond donors (Lipinski definition) is 12. The SMILES string of the molecule is [B]C1CC(OC2(OC)CCOCC2)C(COP(=O)(O)OP(=O)(O)OP(=O)(O)O)O1.[B]C1CC(OC2CCCCO2)C(COP(=O)(O)OP(=O)(O)OP(=O)(O)O)O1.[B]C1CC(OC2CCCO2)C(COP(=O)(O)OP(=O)(O)OP(=O)(O)O)O1. The number of hydrogen-bond acceptors (Lipinski definition) is 28. The van der Waals surface area contributed by atoms with Crippen molar-refractivity contribution < 1.29 is 187 Å². The molecule has 40 nitrogen and oxygen atoms in total. The summed E-state index contributed by atoms with van der Waals surface area (Å²) in [6.07, 6.45) is -0.161. The van der Waals surface area contributed by atoms with Gasteiger partial charge in [-0.15, -0.1) is 0 Å². The van der Waals surface area contributed by atoms with Crippen molar-refractivity contribution in [1.29, 1.82) is 0 Å². The van der Waals surface area contributed by atoms with Gasteiger partial charge in [-0.05, 0) is 44.9 Å². The van der Waals surface area contributed by atoms with Crippen LogP contribution in [0.4, 0.5) is 0 Å². The highest BCUT2D eigenvalue weighted by Gasteiger charge is 2.48. The van der Waals surface area contributed by atoms with E-state index in [1.165, 1.54) is 7.11 Å². The van der Waals surface area contributed by atoms with Crippen LogP contribution in [0, 0.1) is 0 Å². The van der Waals surface area contributed by atoms with Crippen molar-refractivity contribution in [2.75, 3.05) is 53.4 Å². The summed E-state index contributed by atoms with van der Waals surface area (Å²) in [6, 6.07) is -2.23. The lowest BCUT2D eigenvalue weighted by atomic mass is 9.95. The lowest BCUT2D eigenvalue weighted by molar-refractivity contribution is -0.281. The topological polar surface area (TPSA) is 572 Å². The largest absolute Gasteiger partial charge is 0.490 e. The molecular weight excluding hydrogens is 1310 g/mol. The molecule has 474 valence electrons. The average Bonchev–Trinajstić information content (AvgIpc) is 4.26. The Morgan fingerprint density at radius 2 is 0.768 bits per heavy atom. The van der Waals surface area contributed by atoms with E-state index in [0.29, 0.717) is 52.1 Å². The first kappa shape index (κ1) is 75.5. The van der Waals surface area contributed by atoms with Gasteiger partial charge in [-0.3, -0.25) is 13.6 Å². The Morgan fingerprint density at radius 1 is 0.439 bits per heavy atom. The van der Waals surface area contributed by atoms with Gasteiger partial charge in [0, 0.05) is 57.6 Å². The Bertz CT molecular complexity index is 2470. The zero-order valence-electron chi connectivity index (χ0n) is 42.4. The van der Waals surface area contributed by atoms with Gasteiger partial charge in [0.1, 0.15) is 41.9 Å². The van der Waals surface area contributed by atoms with E-state index in [1.54, 1.807) is 0 Å². The Morgan fingerprint density at radius 3 is 1.07 bits per heavy atom. The van der Waals surface area contributed by atoms with E-state index in [1.807, 2.05) is 0 Å². The number of methoxy groups -OCH3 is 1. The molecule has 6 saturated heterocycles. The van der Waals surface area contributed by atoms with Crippen molar-refractivity contribution in [2.45, 2.75) is 137 Å². The van der Waals surface area contributed by atoms with E-state index in [0.717, 1.165) is 19.3 Å². The minimum atomic E-state index is -5.60. The molecule has 6 aliphatic heterocycles. The van der Waals surface area contributed by atoms with Crippen LogP contribution in [-0.4, -0.2) is 209 Å². The Labute approximate surface area is 469 Å². The van der Waals surface area contributed by atoms with Crippen LogP contribution in [0.2, 0.25) is 0 Å². The first-order chi connectivity index (χ1) is 37.5. The summed E-state index contributed by atoms with van der Waals surface area (Å²) >= 11 is 0. The zero-order chi connectivity index (χ0) is 61.8. The summed E-state index contributed by atoms with van der Waals surface area (Å²) in [6.45, 7) is -0.00570. The van der Waals surface area contributed by atoms with Crippen LogP contribution in [0.25, 0.3) is 0 Å². The average molecular weight is 1370 g/mol. The molecule has 6 heterocycles. The molecule has 0 amide bonds. The molecule has 12 N–H and O–H groups in total. The second-order valence-corrected chi connectivity index (χ2v) is 30.7. The van der Waals surface area contributed by atoms with Crippen LogP contribution in [0.3, 0.4) is 0 Å². The quantitative estimate of drug-likeness (QED) is 0.0293. The summed E-state index contributed by atoms with van der Waals surface area (Å²) in [7, 11) is -30.3. The summed E-state index contributed by atoms with van der Waals surface area (Å²) < 4.78 is 191. The fourth-order valence-corrected chi connectivity index (χ4v) is 16.8. The van der Waals surface area contributed by atoms with E-state index in [-0.39, 0.29) is 19.3 Å². The molecule has 82 heavy (non-hydrogen) atoms. The van der Waals surface area contributed by atoms with Crippen molar-refractivity contribution in [3.63, 3.8) is 0 Å². The van der Waals surface area contributed by atoms with Crippen molar-refractivity contribution in [3.8, 4) is 0 Å². The summed E-state index contributed by atoms with van der Waals surface area (Å²) in [5.74, 6) is -0.966. The molecule has 6 aliphatic rings. The van der Waals surface area contributed by atoms with Crippen LogP contribution in [0.5, 0.6) is 0 Å². The van der Waals surface area contributed by atoms with Gasteiger partial charge >= 0.3 is 70.4 Å². The molecule has 17 unspecified atom stereocenters. The molecule has 6 fully saturated rings. The van der Waals surface area contributed by atoms with Crippen molar-refractivity contribution >= 4 is 93.9 Å². The van der Waals surface area contributed by atoms with Gasteiger partial charge in [0.2, 0.25) is 0 Å². The lowest BCUT2D eigenvalue weighted by Crippen LogP contribution is -2.46. The molecule has 6 rings (SSSR count). The number of ether oxygens (including phenoxy) is 10. The molecule has 0 aliphatic carbocycles. The summed E-state index contributed by atoms with van der Waals surface area (Å²) in [5.41, 5.74) is 0. The van der Waals surface area contributed by atoms with Crippen LogP contribution in [0.1, 0.15) is 64.2 Å². The van der Waals surface area contributed by atoms with Crippen LogP contribution in [0.15, 0.2) is 0 Å². The maximum Gasteiger partial charge on any atom is 0.490 e. The first-order valence-corrected chi connectivity index (χ1v) is 36.9. The predicted molar refractivity (Wildman–Crippen MR) is 264 cm³/mol. The van der Waals surface area contributed by atoms with Gasteiger partial charge in [-0.1, -0.05) is 0 Å². The summed E-state index contributed by atoms with van der Waals surface area (Å²) in [4.78, 5) is 107. The molecule has 0 bridgehead atoms. The smallest absolute Gasteiger partial charge is 0.381 e. The first-order valence-electron chi connectivity index (χ1n) is 23.4. The van der Waals surface area contributed by atoms with E-state index >= 15 is 0 Å². The second-order valence-electron chi connectivity index (χ2n) is 17.5. The third kappa shape index (κ3) is 29.8. The Kier molecular flexibility index (Phi) is 29.3. The van der Waals surface area contributed by atoms with Gasteiger partial charge < -0.3 is 106 Å². The highest BCUT2D eigenvalue weighted by atomic mass is 31.3.